The van der Waals surface area contributed by atoms with Gasteiger partial charge in [-0.25, -0.2) is 4.79 Å². The molecule has 4 nitrogen and oxygen atoms in total. The van der Waals surface area contributed by atoms with Gasteiger partial charge >= 0.3 is 5.97 Å². The number of thiophene rings is 1. The Morgan fingerprint density at radius 1 is 1.47 bits per heavy atom. The first-order valence-electron chi connectivity index (χ1n) is 6.32. The summed E-state index contributed by atoms with van der Waals surface area (Å²) in [5.74, 6) is -0.310. The van der Waals surface area contributed by atoms with Crippen LogP contribution < -0.4 is 0 Å². The maximum Gasteiger partial charge on any atom is 0.328 e. The van der Waals surface area contributed by atoms with Crippen LogP contribution in [0.15, 0.2) is 18.2 Å². The molecular weight excluding hydrogens is 262 g/mol. The number of nitrogens with zero attached hydrogens (tertiary/aromatic N) is 1. The average molecular weight is 279 g/mol. The lowest BCUT2D eigenvalue weighted by Crippen LogP contribution is -2.33. The first kappa shape index (κ1) is 13.8. The Morgan fingerprint density at radius 2 is 2.21 bits per heavy atom. The predicted molar refractivity (Wildman–Crippen MR) is 75.3 cm³/mol. The molecule has 1 aromatic rings. The van der Waals surface area contributed by atoms with E-state index in [4.69, 9.17) is 5.11 Å². The number of rotatable bonds is 5. The van der Waals surface area contributed by atoms with Gasteiger partial charge < -0.3 is 10.0 Å². The maximum atomic E-state index is 12.2. The van der Waals surface area contributed by atoms with Gasteiger partial charge in [0.25, 0.3) is 5.91 Å². The molecule has 1 saturated carbocycles. The summed E-state index contributed by atoms with van der Waals surface area (Å²) in [6, 6.07) is 3.53. The van der Waals surface area contributed by atoms with E-state index in [2.05, 4.69) is 0 Å². The largest absolute Gasteiger partial charge is 0.478 e. The van der Waals surface area contributed by atoms with Gasteiger partial charge in [0.1, 0.15) is 0 Å². The first-order chi connectivity index (χ1) is 9.06. The van der Waals surface area contributed by atoms with Gasteiger partial charge in [0.05, 0.1) is 4.88 Å². The zero-order valence-electron chi connectivity index (χ0n) is 10.8. The molecule has 0 bridgehead atoms. The summed E-state index contributed by atoms with van der Waals surface area (Å²) in [6.45, 7) is 0.816. The van der Waals surface area contributed by atoms with Crippen molar-refractivity contribution in [3.63, 3.8) is 0 Å². The number of hydrogen-bond acceptors (Lipinski definition) is 3. The monoisotopic (exact) mass is 279 g/mol. The second-order valence-corrected chi connectivity index (χ2v) is 5.97. The normalized spacial score (nSPS) is 15.4. The molecule has 0 aromatic carbocycles. The average Bonchev–Trinajstić information content (AvgIpc) is 2.78. The molecule has 1 aliphatic rings. The molecule has 2 rings (SSSR count). The number of hydrogen-bond donors (Lipinski definition) is 1. The summed E-state index contributed by atoms with van der Waals surface area (Å²) < 4.78 is 0. The standard InChI is InChI=1S/C14H17NO3S/c1-15(9-10-3-2-4-10)14(18)12-7-5-11(19-12)6-8-13(16)17/h5-8,10H,2-4,9H2,1H3,(H,16,17). The van der Waals surface area contributed by atoms with Crippen LogP contribution in [0.1, 0.15) is 33.8 Å². The van der Waals surface area contributed by atoms with Crippen LogP contribution in [-0.2, 0) is 4.79 Å². The highest BCUT2D eigenvalue weighted by atomic mass is 32.1. The predicted octanol–water partition coefficient (Wildman–Crippen LogP) is 2.72. The zero-order valence-corrected chi connectivity index (χ0v) is 11.7. The Labute approximate surface area is 116 Å². The Hall–Kier alpha value is -1.62. The Bertz CT molecular complexity index is 503. The van der Waals surface area contributed by atoms with Crippen LogP contribution in [0.3, 0.4) is 0 Å². The SMILES string of the molecule is CN(CC1CCC1)C(=O)c1ccc(C=CC(=O)O)s1. The molecule has 19 heavy (non-hydrogen) atoms. The van der Waals surface area contributed by atoms with E-state index in [-0.39, 0.29) is 5.91 Å². The summed E-state index contributed by atoms with van der Waals surface area (Å²) in [4.78, 5) is 25.8. The highest BCUT2D eigenvalue weighted by Crippen LogP contribution is 2.27. The van der Waals surface area contributed by atoms with Gasteiger partial charge in [-0.05, 0) is 37.0 Å². The van der Waals surface area contributed by atoms with E-state index in [1.165, 1.54) is 36.7 Å². The number of carbonyl (C=O) groups is 2. The molecule has 1 aliphatic carbocycles. The second kappa shape index (κ2) is 6.02. The minimum absolute atomic E-state index is 0.0203. The van der Waals surface area contributed by atoms with Crippen LogP contribution in [0.4, 0.5) is 0 Å². The summed E-state index contributed by atoms with van der Waals surface area (Å²) >= 11 is 1.32. The molecule has 102 valence electrons. The number of carbonyl (C=O) groups excluding carboxylic acids is 1. The Balaban J connectivity index is 1.96. The molecule has 0 saturated heterocycles. The van der Waals surface area contributed by atoms with Crippen molar-refractivity contribution in [3.05, 3.63) is 28.0 Å². The molecule has 0 aliphatic heterocycles. The molecule has 1 N–H and O–H groups in total. The molecular formula is C14H17NO3S. The molecule has 1 heterocycles. The molecule has 0 unspecified atom stereocenters. The zero-order chi connectivity index (χ0) is 13.8. The summed E-state index contributed by atoms with van der Waals surface area (Å²) in [6.07, 6.45) is 6.30. The summed E-state index contributed by atoms with van der Waals surface area (Å²) in [5.41, 5.74) is 0. The van der Waals surface area contributed by atoms with Gasteiger partial charge in [0.15, 0.2) is 0 Å². The van der Waals surface area contributed by atoms with Gasteiger partial charge in [-0.2, -0.15) is 0 Å². The summed E-state index contributed by atoms with van der Waals surface area (Å²) in [5, 5.41) is 8.55. The van der Waals surface area contributed by atoms with E-state index in [0.717, 1.165) is 17.5 Å². The molecule has 0 spiro atoms. The molecule has 1 aromatic heterocycles. The van der Waals surface area contributed by atoms with E-state index in [1.54, 1.807) is 17.0 Å². The number of carboxylic acid groups (broad SMARTS) is 1. The fraction of sp³-hybridized carbons (Fsp3) is 0.429. The number of carboxylic acids is 1. The second-order valence-electron chi connectivity index (χ2n) is 4.86. The lowest BCUT2D eigenvalue weighted by atomic mass is 9.85. The van der Waals surface area contributed by atoms with Crippen molar-refractivity contribution in [2.45, 2.75) is 19.3 Å². The van der Waals surface area contributed by atoms with Crippen molar-refractivity contribution in [1.29, 1.82) is 0 Å². The number of amides is 1. The van der Waals surface area contributed by atoms with E-state index in [1.807, 2.05) is 7.05 Å². The third-order valence-corrected chi connectivity index (χ3v) is 4.37. The van der Waals surface area contributed by atoms with Crippen molar-refractivity contribution in [2.75, 3.05) is 13.6 Å². The van der Waals surface area contributed by atoms with Crippen molar-refractivity contribution in [2.24, 2.45) is 5.92 Å². The summed E-state index contributed by atoms with van der Waals surface area (Å²) in [7, 11) is 1.83. The van der Waals surface area contributed by atoms with Crippen LogP contribution in [0.2, 0.25) is 0 Å². The third-order valence-electron chi connectivity index (χ3n) is 3.33. The first-order valence-corrected chi connectivity index (χ1v) is 7.14. The van der Waals surface area contributed by atoms with E-state index in [9.17, 15) is 9.59 Å². The van der Waals surface area contributed by atoms with Crippen LogP contribution in [0, 0.1) is 5.92 Å². The third kappa shape index (κ3) is 3.67. The highest BCUT2D eigenvalue weighted by Gasteiger charge is 2.22. The lowest BCUT2D eigenvalue weighted by Gasteiger charge is -2.29. The van der Waals surface area contributed by atoms with Crippen LogP contribution in [0.5, 0.6) is 0 Å². The lowest BCUT2D eigenvalue weighted by molar-refractivity contribution is -0.131. The van der Waals surface area contributed by atoms with Crippen molar-refractivity contribution < 1.29 is 14.7 Å². The van der Waals surface area contributed by atoms with Gasteiger partial charge in [0.2, 0.25) is 0 Å². The maximum absolute atomic E-state index is 12.2. The fourth-order valence-electron chi connectivity index (χ4n) is 2.04. The van der Waals surface area contributed by atoms with Gasteiger partial charge in [-0.1, -0.05) is 6.42 Å². The Morgan fingerprint density at radius 3 is 2.79 bits per heavy atom. The van der Waals surface area contributed by atoms with Crippen LogP contribution >= 0.6 is 11.3 Å². The Kier molecular flexibility index (Phi) is 4.37. The molecule has 0 radical (unpaired) electrons. The van der Waals surface area contributed by atoms with E-state index < -0.39 is 5.97 Å². The van der Waals surface area contributed by atoms with Gasteiger partial charge in [-0.3, -0.25) is 4.79 Å². The van der Waals surface area contributed by atoms with Crippen molar-refractivity contribution in [3.8, 4) is 0 Å². The number of aliphatic carboxylic acids is 1. The quantitative estimate of drug-likeness (QED) is 0.843. The fourth-order valence-corrected chi connectivity index (χ4v) is 2.95. The van der Waals surface area contributed by atoms with Gasteiger partial charge in [-0.15, -0.1) is 11.3 Å². The van der Waals surface area contributed by atoms with Crippen molar-refractivity contribution in [1.82, 2.24) is 4.90 Å². The van der Waals surface area contributed by atoms with Gasteiger partial charge in [0, 0.05) is 24.5 Å². The molecule has 1 amide bonds. The minimum Gasteiger partial charge on any atom is -0.478 e. The van der Waals surface area contributed by atoms with E-state index in [0.29, 0.717) is 10.8 Å². The van der Waals surface area contributed by atoms with Crippen LogP contribution in [0.25, 0.3) is 6.08 Å². The minimum atomic E-state index is -0.983. The molecule has 1 fully saturated rings. The van der Waals surface area contributed by atoms with Crippen molar-refractivity contribution >= 4 is 29.3 Å². The topological polar surface area (TPSA) is 57.6 Å². The molecule has 0 atom stereocenters. The smallest absolute Gasteiger partial charge is 0.328 e. The molecule has 5 heteroatoms. The highest BCUT2D eigenvalue weighted by molar-refractivity contribution is 7.14. The van der Waals surface area contributed by atoms with E-state index >= 15 is 0 Å². The van der Waals surface area contributed by atoms with Crippen LogP contribution in [-0.4, -0.2) is 35.5 Å².